The summed E-state index contributed by atoms with van der Waals surface area (Å²) < 4.78 is 5.17. The number of hydrogen-bond acceptors (Lipinski definition) is 5. The summed E-state index contributed by atoms with van der Waals surface area (Å²) in [6.07, 6.45) is 0. The van der Waals surface area contributed by atoms with Crippen molar-refractivity contribution in [2.45, 2.75) is 6.92 Å². The molecule has 3 aromatic rings. The minimum atomic E-state index is -0.450. The van der Waals surface area contributed by atoms with Crippen molar-refractivity contribution in [1.82, 2.24) is 0 Å². The van der Waals surface area contributed by atoms with Crippen molar-refractivity contribution in [3.05, 3.63) is 63.3 Å². The fourth-order valence-corrected chi connectivity index (χ4v) is 4.23. The van der Waals surface area contributed by atoms with Gasteiger partial charge in [0.1, 0.15) is 10.6 Å². The molecule has 25 heavy (non-hydrogen) atoms. The van der Waals surface area contributed by atoms with Gasteiger partial charge in [0.15, 0.2) is 0 Å². The van der Waals surface area contributed by atoms with Crippen LogP contribution in [0.15, 0.2) is 47.2 Å². The van der Waals surface area contributed by atoms with Gasteiger partial charge in [-0.2, -0.15) is 0 Å². The molecular formula is C18H14ClNO3S2. The number of amides is 1. The average Bonchev–Trinajstić information content (AvgIpc) is 3.24. The van der Waals surface area contributed by atoms with Crippen LogP contribution in [0.3, 0.4) is 0 Å². The molecule has 0 saturated carbocycles. The summed E-state index contributed by atoms with van der Waals surface area (Å²) in [4.78, 5) is 25.9. The molecule has 2 aromatic heterocycles. The highest BCUT2D eigenvalue weighted by molar-refractivity contribution is 7.17. The fourth-order valence-electron chi connectivity index (χ4n) is 2.27. The van der Waals surface area contributed by atoms with E-state index in [2.05, 4.69) is 5.32 Å². The van der Waals surface area contributed by atoms with Gasteiger partial charge in [0, 0.05) is 26.4 Å². The maximum atomic E-state index is 12.5. The lowest BCUT2D eigenvalue weighted by Crippen LogP contribution is -2.14. The highest BCUT2D eigenvalue weighted by Gasteiger charge is 2.23. The summed E-state index contributed by atoms with van der Waals surface area (Å²) in [5.41, 5.74) is 1.57. The number of esters is 1. The van der Waals surface area contributed by atoms with E-state index < -0.39 is 5.97 Å². The second kappa shape index (κ2) is 7.82. The van der Waals surface area contributed by atoms with E-state index in [0.717, 1.165) is 10.4 Å². The van der Waals surface area contributed by atoms with Crippen LogP contribution >= 0.6 is 34.3 Å². The van der Waals surface area contributed by atoms with Crippen molar-refractivity contribution in [3.63, 3.8) is 0 Å². The Morgan fingerprint density at radius 2 is 2.04 bits per heavy atom. The summed E-state index contributed by atoms with van der Waals surface area (Å²) in [6, 6.07) is 10.5. The molecule has 4 nitrogen and oxygen atoms in total. The average molecular weight is 392 g/mol. The molecule has 7 heteroatoms. The lowest BCUT2D eigenvalue weighted by molar-refractivity contribution is 0.0529. The first kappa shape index (κ1) is 17.7. The summed E-state index contributed by atoms with van der Waals surface area (Å²) in [6.45, 7) is 2.01. The first-order valence-corrected chi connectivity index (χ1v) is 9.63. The third kappa shape index (κ3) is 3.92. The number of ether oxygens (including phenoxy) is 1. The Hall–Kier alpha value is -2.15. The predicted octanol–water partition coefficient (Wildman–Crippen LogP) is 5.56. The van der Waals surface area contributed by atoms with Crippen molar-refractivity contribution in [2.75, 3.05) is 11.9 Å². The maximum Gasteiger partial charge on any atom is 0.341 e. The molecule has 0 spiro atoms. The standard InChI is InChI=1S/C18H14ClNO3S2/c1-2-23-18(22)15-13(14-7-4-8-24-14)10-25-17(15)20-16(21)11-5-3-6-12(19)9-11/h3-10H,2H2,1H3,(H,20,21). The number of benzene rings is 1. The lowest BCUT2D eigenvalue weighted by atomic mass is 10.1. The van der Waals surface area contributed by atoms with Crippen LogP contribution in [-0.4, -0.2) is 18.5 Å². The highest BCUT2D eigenvalue weighted by atomic mass is 35.5. The molecule has 1 amide bonds. The van der Waals surface area contributed by atoms with Gasteiger partial charge in [0.25, 0.3) is 5.91 Å². The number of halogens is 1. The summed E-state index contributed by atoms with van der Waals surface area (Å²) >= 11 is 8.76. The van der Waals surface area contributed by atoms with E-state index in [4.69, 9.17) is 16.3 Å². The maximum absolute atomic E-state index is 12.5. The fraction of sp³-hybridized carbons (Fsp3) is 0.111. The van der Waals surface area contributed by atoms with Crippen molar-refractivity contribution < 1.29 is 14.3 Å². The molecule has 0 bridgehead atoms. The normalized spacial score (nSPS) is 10.5. The van der Waals surface area contributed by atoms with Gasteiger partial charge >= 0.3 is 5.97 Å². The molecule has 0 fully saturated rings. The van der Waals surface area contributed by atoms with E-state index in [-0.39, 0.29) is 12.5 Å². The van der Waals surface area contributed by atoms with E-state index >= 15 is 0 Å². The van der Waals surface area contributed by atoms with Crippen LogP contribution in [0.1, 0.15) is 27.6 Å². The second-order valence-electron chi connectivity index (χ2n) is 5.02. The van der Waals surface area contributed by atoms with Gasteiger partial charge in [-0.25, -0.2) is 4.79 Å². The van der Waals surface area contributed by atoms with Crippen LogP contribution in [0.4, 0.5) is 5.00 Å². The molecule has 0 unspecified atom stereocenters. The highest BCUT2D eigenvalue weighted by Crippen LogP contribution is 2.38. The van der Waals surface area contributed by atoms with E-state index in [1.807, 2.05) is 22.9 Å². The van der Waals surface area contributed by atoms with Crippen molar-refractivity contribution in [3.8, 4) is 10.4 Å². The van der Waals surface area contributed by atoms with Crippen LogP contribution in [0.5, 0.6) is 0 Å². The van der Waals surface area contributed by atoms with Crippen molar-refractivity contribution >= 4 is 51.2 Å². The Morgan fingerprint density at radius 1 is 1.20 bits per heavy atom. The lowest BCUT2D eigenvalue weighted by Gasteiger charge is -2.08. The van der Waals surface area contributed by atoms with E-state index in [0.29, 0.717) is 21.2 Å². The number of nitrogens with one attached hydrogen (secondary N) is 1. The molecule has 3 rings (SSSR count). The Morgan fingerprint density at radius 3 is 2.72 bits per heavy atom. The molecule has 0 saturated heterocycles. The van der Waals surface area contributed by atoms with Crippen LogP contribution in [0, 0.1) is 0 Å². The zero-order chi connectivity index (χ0) is 17.8. The van der Waals surface area contributed by atoms with E-state index in [9.17, 15) is 9.59 Å². The molecule has 0 atom stereocenters. The number of carbonyl (C=O) groups is 2. The van der Waals surface area contributed by atoms with Gasteiger partial charge in [0.05, 0.1) is 6.61 Å². The van der Waals surface area contributed by atoms with E-state index in [1.54, 1.807) is 31.2 Å². The SMILES string of the molecule is CCOC(=O)c1c(-c2cccs2)csc1NC(=O)c1cccc(Cl)c1. The van der Waals surface area contributed by atoms with Gasteiger partial charge in [-0.1, -0.05) is 23.7 Å². The van der Waals surface area contributed by atoms with E-state index in [1.165, 1.54) is 22.7 Å². The van der Waals surface area contributed by atoms with Crippen LogP contribution in [0.25, 0.3) is 10.4 Å². The van der Waals surface area contributed by atoms with Crippen molar-refractivity contribution in [1.29, 1.82) is 0 Å². The predicted molar refractivity (Wildman–Crippen MR) is 103 cm³/mol. The molecule has 1 N–H and O–H groups in total. The molecule has 0 aliphatic heterocycles. The number of carbonyl (C=O) groups excluding carboxylic acids is 2. The number of rotatable bonds is 5. The first-order chi connectivity index (χ1) is 12.1. The Kier molecular flexibility index (Phi) is 5.53. The van der Waals surface area contributed by atoms with Crippen LogP contribution in [-0.2, 0) is 4.74 Å². The molecule has 1 aromatic carbocycles. The first-order valence-electron chi connectivity index (χ1n) is 7.49. The second-order valence-corrected chi connectivity index (χ2v) is 7.28. The molecule has 2 heterocycles. The number of thiophene rings is 2. The Balaban J connectivity index is 1.96. The smallest absolute Gasteiger partial charge is 0.341 e. The molecular weight excluding hydrogens is 378 g/mol. The Bertz CT molecular complexity index is 903. The van der Waals surface area contributed by atoms with Gasteiger partial charge in [-0.15, -0.1) is 22.7 Å². The van der Waals surface area contributed by atoms with Crippen LogP contribution in [0.2, 0.25) is 5.02 Å². The van der Waals surface area contributed by atoms with Gasteiger partial charge in [-0.3, -0.25) is 4.79 Å². The molecule has 0 aliphatic rings. The third-order valence-corrected chi connectivity index (χ3v) is 5.40. The minimum Gasteiger partial charge on any atom is -0.462 e. The molecule has 0 aliphatic carbocycles. The Labute approximate surface area is 158 Å². The topological polar surface area (TPSA) is 55.4 Å². The minimum absolute atomic E-state index is 0.264. The summed E-state index contributed by atoms with van der Waals surface area (Å²) in [7, 11) is 0. The van der Waals surface area contributed by atoms with Gasteiger partial charge in [0.2, 0.25) is 0 Å². The molecule has 0 radical (unpaired) electrons. The van der Waals surface area contributed by atoms with Crippen molar-refractivity contribution in [2.24, 2.45) is 0 Å². The molecule has 128 valence electrons. The monoisotopic (exact) mass is 391 g/mol. The number of anilines is 1. The van der Waals surface area contributed by atoms with Crippen LogP contribution < -0.4 is 5.32 Å². The zero-order valence-electron chi connectivity index (χ0n) is 13.2. The quantitative estimate of drug-likeness (QED) is 0.579. The summed E-state index contributed by atoms with van der Waals surface area (Å²) in [5, 5.41) is 7.53. The van der Waals surface area contributed by atoms with Gasteiger partial charge < -0.3 is 10.1 Å². The zero-order valence-corrected chi connectivity index (χ0v) is 15.6. The summed E-state index contributed by atoms with van der Waals surface area (Å²) in [5.74, 6) is -0.777. The van der Waals surface area contributed by atoms with Gasteiger partial charge in [-0.05, 0) is 36.6 Å². The largest absolute Gasteiger partial charge is 0.462 e. The third-order valence-electron chi connectivity index (χ3n) is 3.37. The number of hydrogen-bond donors (Lipinski definition) is 1.